The van der Waals surface area contributed by atoms with Gasteiger partial charge < -0.3 is 10.0 Å². The highest BCUT2D eigenvalue weighted by Crippen LogP contribution is 2.25. The summed E-state index contributed by atoms with van der Waals surface area (Å²) in [6.45, 7) is 1.37. The maximum atomic E-state index is 12.5. The third kappa shape index (κ3) is 4.20. The van der Waals surface area contributed by atoms with Crippen LogP contribution in [0.2, 0.25) is 5.02 Å². The molecule has 0 aliphatic carbocycles. The normalized spacial score (nSPS) is 15.2. The number of hydrogen-bond donors (Lipinski definition) is 1. The Morgan fingerprint density at radius 3 is 2.48 bits per heavy atom. The number of amides is 1. The smallest absolute Gasteiger partial charge is 0.335 e. The summed E-state index contributed by atoms with van der Waals surface area (Å²) in [5.74, 6) is -0.486. The Hall–Kier alpha value is -2.33. The number of nitrogens with zero attached hydrogens (tertiary/aromatic N) is 1. The van der Waals surface area contributed by atoms with Crippen molar-refractivity contribution < 1.29 is 14.7 Å². The van der Waals surface area contributed by atoms with Crippen molar-refractivity contribution in [3.63, 3.8) is 0 Å². The van der Waals surface area contributed by atoms with Gasteiger partial charge in [-0.2, -0.15) is 0 Å². The van der Waals surface area contributed by atoms with Crippen LogP contribution in [0.5, 0.6) is 0 Å². The molecule has 3 rings (SSSR count). The molecule has 0 atom stereocenters. The highest BCUT2D eigenvalue weighted by Gasteiger charge is 2.25. The van der Waals surface area contributed by atoms with Crippen LogP contribution in [0.15, 0.2) is 48.5 Å². The molecule has 0 unspecified atom stereocenters. The lowest BCUT2D eigenvalue weighted by molar-refractivity contribution is 0.0690. The zero-order valence-corrected chi connectivity index (χ0v) is 14.6. The van der Waals surface area contributed by atoms with Crippen molar-refractivity contribution in [3.05, 3.63) is 70.2 Å². The van der Waals surface area contributed by atoms with E-state index in [4.69, 9.17) is 11.6 Å². The van der Waals surface area contributed by atoms with Crippen molar-refractivity contribution >= 4 is 23.5 Å². The quantitative estimate of drug-likeness (QED) is 0.894. The Balaban J connectivity index is 1.61. The Labute approximate surface area is 152 Å². The summed E-state index contributed by atoms with van der Waals surface area (Å²) < 4.78 is 0. The summed E-state index contributed by atoms with van der Waals surface area (Å²) in [6, 6.07) is 14.2. The Morgan fingerprint density at radius 1 is 1.08 bits per heavy atom. The molecule has 0 saturated carbocycles. The first-order valence-corrected chi connectivity index (χ1v) is 8.78. The van der Waals surface area contributed by atoms with Gasteiger partial charge in [-0.15, -0.1) is 0 Å². The topological polar surface area (TPSA) is 57.6 Å². The maximum Gasteiger partial charge on any atom is 0.335 e. The first-order chi connectivity index (χ1) is 12.0. The number of piperidine rings is 1. The van der Waals surface area contributed by atoms with Crippen LogP contribution in [0.4, 0.5) is 0 Å². The molecule has 1 N–H and O–H groups in total. The number of carbonyl (C=O) groups excluding carboxylic acids is 1. The summed E-state index contributed by atoms with van der Waals surface area (Å²) >= 11 is 5.96. The fraction of sp³-hybridized carbons (Fsp3) is 0.300. The molecular formula is C20H20ClNO3. The molecule has 25 heavy (non-hydrogen) atoms. The summed E-state index contributed by atoms with van der Waals surface area (Å²) in [5, 5.41) is 9.86. The molecule has 5 heteroatoms. The average Bonchev–Trinajstić information content (AvgIpc) is 2.62. The largest absolute Gasteiger partial charge is 0.478 e. The molecule has 0 radical (unpaired) electrons. The van der Waals surface area contributed by atoms with Gasteiger partial charge >= 0.3 is 5.97 Å². The van der Waals surface area contributed by atoms with Crippen molar-refractivity contribution in [3.8, 4) is 0 Å². The second-order valence-corrected chi connectivity index (χ2v) is 6.85. The van der Waals surface area contributed by atoms with Crippen LogP contribution in [0.1, 0.15) is 39.1 Å². The van der Waals surface area contributed by atoms with Crippen LogP contribution < -0.4 is 0 Å². The fourth-order valence-corrected chi connectivity index (χ4v) is 3.55. The minimum atomic E-state index is -0.885. The number of rotatable bonds is 4. The lowest BCUT2D eigenvalue weighted by atomic mass is 9.88. The maximum absolute atomic E-state index is 12.5. The molecule has 1 saturated heterocycles. The van der Waals surface area contributed by atoms with Crippen LogP contribution in [0.25, 0.3) is 0 Å². The van der Waals surface area contributed by atoms with E-state index >= 15 is 0 Å². The highest BCUT2D eigenvalue weighted by molar-refractivity contribution is 6.30. The number of likely N-dealkylation sites (tertiary alicyclic amines) is 1. The highest BCUT2D eigenvalue weighted by atomic mass is 35.5. The molecule has 2 aromatic carbocycles. The zero-order valence-electron chi connectivity index (χ0n) is 13.8. The molecule has 0 spiro atoms. The number of carbonyl (C=O) groups is 2. The van der Waals surface area contributed by atoms with Crippen molar-refractivity contribution in [1.29, 1.82) is 0 Å². The minimum Gasteiger partial charge on any atom is -0.478 e. The Kier molecular flexibility index (Phi) is 5.39. The van der Waals surface area contributed by atoms with Gasteiger partial charge in [0.15, 0.2) is 0 Å². The molecule has 1 fully saturated rings. The van der Waals surface area contributed by atoms with E-state index in [9.17, 15) is 14.7 Å². The van der Waals surface area contributed by atoms with Crippen molar-refractivity contribution in [2.45, 2.75) is 19.3 Å². The van der Waals surface area contributed by atoms with Crippen LogP contribution in [-0.4, -0.2) is 35.0 Å². The van der Waals surface area contributed by atoms with E-state index < -0.39 is 5.97 Å². The second-order valence-electron chi connectivity index (χ2n) is 6.41. The number of benzene rings is 2. The Bertz CT molecular complexity index is 782. The molecular weight excluding hydrogens is 338 g/mol. The fourth-order valence-electron chi connectivity index (χ4n) is 3.36. The van der Waals surface area contributed by atoms with E-state index in [0.29, 0.717) is 35.2 Å². The van der Waals surface area contributed by atoms with Crippen molar-refractivity contribution in [2.75, 3.05) is 13.1 Å². The summed E-state index contributed by atoms with van der Waals surface area (Å²) in [5.41, 5.74) is 1.86. The molecule has 0 aromatic heterocycles. The molecule has 130 valence electrons. The number of carboxylic acids is 1. The van der Waals surface area contributed by atoms with E-state index in [-0.39, 0.29) is 5.91 Å². The predicted octanol–water partition coefficient (Wildman–Crippen LogP) is 4.13. The van der Waals surface area contributed by atoms with Crippen molar-refractivity contribution in [1.82, 2.24) is 4.90 Å². The van der Waals surface area contributed by atoms with Gasteiger partial charge in [-0.3, -0.25) is 4.79 Å². The molecule has 1 aliphatic heterocycles. The van der Waals surface area contributed by atoms with Gasteiger partial charge in [-0.1, -0.05) is 35.9 Å². The van der Waals surface area contributed by atoms with Gasteiger partial charge in [0.1, 0.15) is 0 Å². The van der Waals surface area contributed by atoms with Gasteiger partial charge in [0, 0.05) is 23.7 Å². The monoisotopic (exact) mass is 357 g/mol. The van der Waals surface area contributed by atoms with Gasteiger partial charge in [-0.05, 0) is 55.0 Å². The number of halogens is 1. The van der Waals surface area contributed by atoms with Crippen LogP contribution in [0, 0.1) is 5.92 Å². The van der Waals surface area contributed by atoms with E-state index in [0.717, 1.165) is 24.8 Å². The standard InChI is InChI=1S/C20H20ClNO3/c21-17-6-3-5-16(13-17)19(23)22-10-8-14(9-11-22)12-15-4-1-2-7-18(15)20(24)25/h1-7,13-14H,8-12H2,(H,24,25). The molecule has 4 nitrogen and oxygen atoms in total. The predicted molar refractivity (Wildman–Crippen MR) is 97.2 cm³/mol. The third-order valence-corrected chi connectivity index (χ3v) is 4.96. The lowest BCUT2D eigenvalue weighted by Crippen LogP contribution is -2.39. The minimum absolute atomic E-state index is 0.00638. The van der Waals surface area contributed by atoms with Crippen LogP contribution >= 0.6 is 11.6 Å². The molecule has 1 amide bonds. The number of hydrogen-bond acceptors (Lipinski definition) is 2. The third-order valence-electron chi connectivity index (χ3n) is 4.73. The SMILES string of the molecule is O=C(O)c1ccccc1CC1CCN(C(=O)c2cccc(Cl)c2)CC1. The van der Waals surface area contributed by atoms with Crippen molar-refractivity contribution in [2.24, 2.45) is 5.92 Å². The second kappa shape index (κ2) is 7.70. The number of aromatic carboxylic acids is 1. The van der Waals surface area contributed by atoms with Gasteiger partial charge in [-0.25, -0.2) is 4.79 Å². The van der Waals surface area contributed by atoms with E-state index in [1.807, 2.05) is 17.0 Å². The molecule has 2 aromatic rings. The first-order valence-electron chi connectivity index (χ1n) is 8.40. The van der Waals surface area contributed by atoms with Gasteiger partial charge in [0.2, 0.25) is 0 Å². The Morgan fingerprint density at radius 2 is 1.80 bits per heavy atom. The van der Waals surface area contributed by atoms with E-state index in [1.54, 1.807) is 36.4 Å². The summed E-state index contributed by atoms with van der Waals surface area (Å²) in [4.78, 5) is 25.7. The van der Waals surface area contributed by atoms with E-state index in [2.05, 4.69) is 0 Å². The summed E-state index contributed by atoms with van der Waals surface area (Å²) in [6.07, 6.45) is 2.49. The van der Waals surface area contributed by atoms with Crippen LogP contribution in [0.3, 0.4) is 0 Å². The molecule has 1 heterocycles. The van der Waals surface area contributed by atoms with Gasteiger partial charge in [0.25, 0.3) is 5.91 Å². The van der Waals surface area contributed by atoms with Gasteiger partial charge in [0.05, 0.1) is 5.56 Å². The lowest BCUT2D eigenvalue weighted by Gasteiger charge is -2.32. The van der Waals surface area contributed by atoms with Crippen LogP contribution in [-0.2, 0) is 6.42 Å². The summed E-state index contributed by atoms with van der Waals surface area (Å²) in [7, 11) is 0. The first kappa shape index (κ1) is 17.5. The molecule has 0 bridgehead atoms. The number of carboxylic acid groups (broad SMARTS) is 1. The van der Waals surface area contributed by atoms with E-state index in [1.165, 1.54) is 0 Å². The average molecular weight is 358 g/mol. The molecule has 1 aliphatic rings. The zero-order chi connectivity index (χ0) is 17.8.